The van der Waals surface area contributed by atoms with Crippen molar-refractivity contribution in [2.45, 2.75) is 25.8 Å². The maximum atomic E-state index is 12.2. The lowest BCUT2D eigenvalue weighted by molar-refractivity contribution is -0.138. The normalized spacial score (nSPS) is 19.1. The molecule has 1 aromatic heterocycles. The molecular weight excluding hydrogens is 256 g/mol. The molecule has 1 aliphatic rings. The Bertz CT molecular complexity index is 664. The van der Waals surface area contributed by atoms with Gasteiger partial charge in [-0.05, 0) is 18.6 Å². The van der Waals surface area contributed by atoms with E-state index in [9.17, 15) is 9.59 Å². The highest BCUT2D eigenvalue weighted by atomic mass is 16.2. The van der Waals surface area contributed by atoms with Crippen molar-refractivity contribution >= 4 is 28.4 Å². The van der Waals surface area contributed by atoms with E-state index in [1.807, 2.05) is 25.1 Å². The number of rotatable bonds is 4. The molecule has 2 N–H and O–H groups in total. The number of likely N-dealkylation sites (tertiary alicyclic amines) is 1. The van der Waals surface area contributed by atoms with Crippen LogP contribution in [0, 0.1) is 0 Å². The van der Waals surface area contributed by atoms with Gasteiger partial charge in [0.1, 0.15) is 6.04 Å². The summed E-state index contributed by atoms with van der Waals surface area (Å²) in [6, 6.07) is 5.21. The van der Waals surface area contributed by atoms with E-state index in [-0.39, 0.29) is 18.2 Å². The second kappa shape index (κ2) is 4.96. The Labute approximate surface area is 116 Å². The molecule has 1 fully saturated rings. The fraction of sp³-hybridized carbons (Fsp3) is 0.357. The predicted octanol–water partition coefficient (Wildman–Crippen LogP) is 1.51. The lowest BCUT2D eigenvalue weighted by Gasteiger charge is -2.15. The SMILES string of the molecule is CCCN1C(=O)CC(Nc2cccc3[nH]ncc23)C1=O. The minimum absolute atomic E-state index is 0.103. The zero-order chi connectivity index (χ0) is 14.1. The fourth-order valence-electron chi connectivity index (χ4n) is 2.54. The number of hydrogen-bond donors (Lipinski definition) is 2. The van der Waals surface area contributed by atoms with Gasteiger partial charge in [0, 0.05) is 17.6 Å². The zero-order valence-electron chi connectivity index (χ0n) is 11.2. The molecular formula is C14H16N4O2. The summed E-state index contributed by atoms with van der Waals surface area (Å²) in [7, 11) is 0. The molecule has 20 heavy (non-hydrogen) atoms. The van der Waals surface area contributed by atoms with Crippen LogP contribution in [0.3, 0.4) is 0 Å². The van der Waals surface area contributed by atoms with E-state index < -0.39 is 6.04 Å². The molecule has 6 nitrogen and oxygen atoms in total. The summed E-state index contributed by atoms with van der Waals surface area (Å²) in [5, 5.41) is 11.0. The molecule has 2 heterocycles. The molecule has 6 heteroatoms. The average molecular weight is 272 g/mol. The largest absolute Gasteiger partial charge is 0.373 e. The summed E-state index contributed by atoms with van der Waals surface area (Å²) in [4.78, 5) is 25.4. The summed E-state index contributed by atoms with van der Waals surface area (Å²) < 4.78 is 0. The van der Waals surface area contributed by atoms with Crippen LogP contribution < -0.4 is 5.32 Å². The third-order valence-electron chi connectivity index (χ3n) is 3.51. The van der Waals surface area contributed by atoms with Crippen molar-refractivity contribution < 1.29 is 9.59 Å². The average Bonchev–Trinajstić information content (AvgIpc) is 3.00. The van der Waals surface area contributed by atoms with Gasteiger partial charge in [-0.1, -0.05) is 13.0 Å². The number of fused-ring (bicyclic) bond motifs is 1. The van der Waals surface area contributed by atoms with E-state index in [4.69, 9.17) is 0 Å². The number of anilines is 1. The first-order valence-corrected chi connectivity index (χ1v) is 6.73. The highest BCUT2D eigenvalue weighted by Gasteiger charge is 2.38. The highest BCUT2D eigenvalue weighted by Crippen LogP contribution is 2.24. The van der Waals surface area contributed by atoms with Gasteiger partial charge in [-0.2, -0.15) is 5.10 Å². The number of imide groups is 1. The summed E-state index contributed by atoms with van der Waals surface area (Å²) >= 11 is 0. The molecule has 2 aromatic rings. The molecule has 104 valence electrons. The number of H-pyrrole nitrogens is 1. The minimum atomic E-state index is -0.477. The quantitative estimate of drug-likeness (QED) is 0.827. The van der Waals surface area contributed by atoms with Crippen molar-refractivity contribution in [2.75, 3.05) is 11.9 Å². The summed E-state index contributed by atoms with van der Waals surface area (Å²) in [5.41, 5.74) is 1.72. The van der Waals surface area contributed by atoms with E-state index >= 15 is 0 Å². The standard InChI is InChI=1S/C14H16N4O2/c1-2-6-18-13(19)7-12(14(18)20)16-10-4-3-5-11-9(10)8-15-17-11/h3-5,8,12,16H,2,6-7H2,1H3,(H,15,17). The Kier molecular flexibility index (Phi) is 3.14. The molecule has 0 spiro atoms. The number of carbonyl (C=O) groups is 2. The van der Waals surface area contributed by atoms with E-state index in [0.717, 1.165) is 23.0 Å². The number of benzene rings is 1. The summed E-state index contributed by atoms with van der Waals surface area (Å²) in [6.07, 6.45) is 2.71. The van der Waals surface area contributed by atoms with Crippen molar-refractivity contribution in [3.05, 3.63) is 24.4 Å². The first kappa shape index (κ1) is 12.7. The lowest BCUT2D eigenvalue weighted by Crippen LogP contribution is -2.35. The number of aromatic nitrogens is 2. The molecule has 1 aliphatic heterocycles. The van der Waals surface area contributed by atoms with Crippen molar-refractivity contribution in [1.82, 2.24) is 15.1 Å². The molecule has 0 radical (unpaired) electrons. The van der Waals surface area contributed by atoms with Gasteiger partial charge < -0.3 is 5.32 Å². The lowest BCUT2D eigenvalue weighted by atomic mass is 10.2. The second-order valence-electron chi connectivity index (χ2n) is 4.92. The molecule has 0 saturated carbocycles. The predicted molar refractivity (Wildman–Crippen MR) is 75.1 cm³/mol. The maximum absolute atomic E-state index is 12.2. The summed E-state index contributed by atoms with van der Waals surface area (Å²) in [5.74, 6) is -0.244. The van der Waals surface area contributed by atoms with Crippen LogP contribution in [0.5, 0.6) is 0 Å². The summed E-state index contributed by atoms with van der Waals surface area (Å²) in [6.45, 7) is 2.44. The van der Waals surface area contributed by atoms with Gasteiger partial charge in [-0.25, -0.2) is 0 Å². The molecule has 3 rings (SSSR count). The Morgan fingerprint density at radius 2 is 2.30 bits per heavy atom. The van der Waals surface area contributed by atoms with Crippen LogP contribution in [-0.4, -0.2) is 39.5 Å². The fourth-order valence-corrected chi connectivity index (χ4v) is 2.54. The van der Waals surface area contributed by atoms with Crippen LogP contribution >= 0.6 is 0 Å². The Morgan fingerprint density at radius 1 is 1.45 bits per heavy atom. The van der Waals surface area contributed by atoms with Gasteiger partial charge in [-0.3, -0.25) is 19.6 Å². The third-order valence-corrected chi connectivity index (χ3v) is 3.51. The highest BCUT2D eigenvalue weighted by molar-refractivity contribution is 6.07. The number of amides is 2. The van der Waals surface area contributed by atoms with Crippen molar-refractivity contribution in [1.29, 1.82) is 0 Å². The van der Waals surface area contributed by atoms with Crippen molar-refractivity contribution in [2.24, 2.45) is 0 Å². The Hall–Kier alpha value is -2.37. The number of nitrogens with one attached hydrogen (secondary N) is 2. The number of nitrogens with zero attached hydrogens (tertiary/aromatic N) is 2. The molecule has 0 bridgehead atoms. The van der Waals surface area contributed by atoms with Crippen LogP contribution in [0.1, 0.15) is 19.8 Å². The van der Waals surface area contributed by atoms with E-state index in [0.29, 0.717) is 6.54 Å². The van der Waals surface area contributed by atoms with Gasteiger partial charge in [0.25, 0.3) is 5.91 Å². The third kappa shape index (κ3) is 2.03. The minimum Gasteiger partial charge on any atom is -0.373 e. The zero-order valence-corrected chi connectivity index (χ0v) is 11.2. The Balaban J connectivity index is 1.83. The monoisotopic (exact) mass is 272 g/mol. The first-order chi connectivity index (χ1) is 9.70. The Morgan fingerprint density at radius 3 is 3.10 bits per heavy atom. The molecule has 1 atom stereocenters. The maximum Gasteiger partial charge on any atom is 0.252 e. The van der Waals surface area contributed by atoms with Crippen LogP contribution in [0.2, 0.25) is 0 Å². The molecule has 2 amide bonds. The first-order valence-electron chi connectivity index (χ1n) is 6.73. The van der Waals surface area contributed by atoms with E-state index in [1.54, 1.807) is 6.20 Å². The van der Waals surface area contributed by atoms with Crippen LogP contribution in [0.15, 0.2) is 24.4 Å². The van der Waals surface area contributed by atoms with Crippen molar-refractivity contribution in [3.8, 4) is 0 Å². The number of aromatic amines is 1. The van der Waals surface area contributed by atoms with E-state index in [2.05, 4.69) is 15.5 Å². The van der Waals surface area contributed by atoms with Crippen LogP contribution in [-0.2, 0) is 9.59 Å². The van der Waals surface area contributed by atoms with Gasteiger partial charge in [0.15, 0.2) is 0 Å². The number of hydrogen-bond acceptors (Lipinski definition) is 4. The molecule has 1 saturated heterocycles. The molecule has 1 unspecified atom stereocenters. The van der Waals surface area contributed by atoms with Gasteiger partial charge in [0.05, 0.1) is 18.1 Å². The van der Waals surface area contributed by atoms with Gasteiger partial charge in [0.2, 0.25) is 5.91 Å². The topological polar surface area (TPSA) is 78.1 Å². The second-order valence-corrected chi connectivity index (χ2v) is 4.92. The number of carbonyl (C=O) groups excluding carboxylic acids is 2. The molecule has 0 aliphatic carbocycles. The van der Waals surface area contributed by atoms with Crippen LogP contribution in [0.25, 0.3) is 10.9 Å². The molecule has 1 aromatic carbocycles. The van der Waals surface area contributed by atoms with Gasteiger partial charge >= 0.3 is 0 Å². The van der Waals surface area contributed by atoms with E-state index in [1.165, 1.54) is 4.90 Å². The van der Waals surface area contributed by atoms with Crippen LogP contribution in [0.4, 0.5) is 5.69 Å². The smallest absolute Gasteiger partial charge is 0.252 e. The van der Waals surface area contributed by atoms with Crippen molar-refractivity contribution in [3.63, 3.8) is 0 Å². The van der Waals surface area contributed by atoms with Gasteiger partial charge in [-0.15, -0.1) is 0 Å².